The molecule has 3 aromatic heterocycles. The molecule has 0 radical (unpaired) electrons. The number of aromatic nitrogens is 6. The summed E-state index contributed by atoms with van der Waals surface area (Å²) in [7, 11) is 0. The summed E-state index contributed by atoms with van der Waals surface area (Å²) in [6.07, 6.45) is 7.14. The Balaban J connectivity index is 0.775. The van der Waals surface area contributed by atoms with Crippen LogP contribution >= 0.6 is 22.9 Å². The van der Waals surface area contributed by atoms with Gasteiger partial charge in [0.05, 0.1) is 17.0 Å². The lowest BCUT2D eigenvalue weighted by molar-refractivity contribution is 0.128. The van der Waals surface area contributed by atoms with Crippen molar-refractivity contribution in [3.05, 3.63) is 121 Å². The van der Waals surface area contributed by atoms with Crippen molar-refractivity contribution in [1.82, 2.24) is 39.3 Å². The highest BCUT2D eigenvalue weighted by Gasteiger charge is 2.33. The van der Waals surface area contributed by atoms with E-state index in [0.29, 0.717) is 22.6 Å². The first-order chi connectivity index (χ1) is 29.9. The predicted molar refractivity (Wildman–Crippen MR) is 247 cm³/mol. The van der Waals surface area contributed by atoms with Crippen molar-refractivity contribution in [1.29, 1.82) is 0 Å². The van der Waals surface area contributed by atoms with Gasteiger partial charge in [-0.05, 0) is 150 Å². The van der Waals surface area contributed by atoms with E-state index in [0.717, 1.165) is 90.5 Å². The number of halogens is 1. The molecule has 0 spiro atoms. The summed E-state index contributed by atoms with van der Waals surface area (Å²) in [6.45, 7) is 16.6. The molecule has 3 N–H and O–H groups in total. The number of likely N-dealkylation sites (tertiary alicyclic amines) is 2. The SMILES string of the molecule is Cc1sc2c(c1C)C(c1ccc(Cl)cc1)=N[C@@H](CCN1CCC(CC3CCN(Cc4ccc(-n5c(-c6cc(C(C)C)c(O)cc6O)n[nH]c5=O)cc4)CC3)CC1)c1nnc(C)n1-2. The van der Waals surface area contributed by atoms with Gasteiger partial charge in [-0.3, -0.25) is 14.5 Å². The summed E-state index contributed by atoms with van der Waals surface area (Å²) in [5.74, 6) is 3.57. The Morgan fingerprint density at radius 3 is 2.21 bits per heavy atom. The lowest BCUT2D eigenvalue weighted by atomic mass is 9.82. The number of aryl methyl sites for hydroxylation is 2. The van der Waals surface area contributed by atoms with Crippen LogP contribution in [0.2, 0.25) is 5.02 Å². The van der Waals surface area contributed by atoms with E-state index >= 15 is 0 Å². The molecule has 12 nitrogen and oxygen atoms in total. The van der Waals surface area contributed by atoms with Crippen molar-refractivity contribution in [3.8, 4) is 33.6 Å². The first-order valence-corrected chi connectivity index (χ1v) is 23.2. The topological polar surface area (TPSA) is 141 Å². The minimum absolute atomic E-state index is 0.0178. The van der Waals surface area contributed by atoms with Crippen molar-refractivity contribution in [3.63, 3.8) is 0 Å². The first-order valence-electron chi connectivity index (χ1n) is 22.1. The average Bonchev–Trinajstić information content (AvgIpc) is 3.90. The summed E-state index contributed by atoms with van der Waals surface area (Å²) in [5.41, 5.74) is 7.05. The molecular formula is C48H56ClN9O3S. The molecule has 324 valence electrons. The second-order valence-electron chi connectivity index (χ2n) is 17.9. The van der Waals surface area contributed by atoms with E-state index in [9.17, 15) is 15.0 Å². The molecule has 62 heavy (non-hydrogen) atoms. The molecule has 0 amide bonds. The Bertz CT molecular complexity index is 2640. The first kappa shape index (κ1) is 42.2. The van der Waals surface area contributed by atoms with Gasteiger partial charge in [0.2, 0.25) is 0 Å². The number of phenols is 2. The molecule has 1 atom stereocenters. The molecule has 0 bridgehead atoms. The number of fused-ring (bicyclic) bond motifs is 3. The van der Waals surface area contributed by atoms with E-state index in [4.69, 9.17) is 21.7 Å². The molecule has 6 aromatic rings. The van der Waals surface area contributed by atoms with Crippen LogP contribution in [0.15, 0.2) is 70.5 Å². The smallest absolute Gasteiger partial charge is 0.348 e. The van der Waals surface area contributed by atoms with Gasteiger partial charge in [-0.2, -0.15) is 5.10 Å². The van der Waals surface area contributed by atoms with Gasteiger partial charge in [0.25, 0.3) is 0 Å². The van der Waals surface area contributed by atoms with Gasteiger partial charge in [-0.15, -0.1) is 21.5 Å². The standard InChI is InChI=1S/C48H56ClN9O3S/c1-28(2)38-25-39(42(60)26-41(38)59)45-52-54-48(61)58(45)37-12-6-34(7-13-37)27-56-21-16-33(17-22-56)24-32-14-19-55(20-15-32)23-18-40-46-53-51-31(5)57(46)47-43(29(3)30(4)62-47)44(50-40)35-8-10-36(49)11-9-35/h6-13,25-26,28,32-33,40,59-60H,14-24,27H2,1-5H3,(H,54,61)/t40-/m0/s1. The second-order valence-corrected chi connectivity index (χ2v) is 19.5. The van der Waals surface area contributed by atoms with Crippen molar-refractivity contribution >= 4 is 28.6 Å². The number of nitrogens with one attached hydrogen (secondary N) is 1. The fourth-order valence-electron chi connectivity index (χ4n) is 9.75. The molecule has 0 aliphatic carbocycles. The number of benzene rings is 3. The van der Waals surface area contributed by atoms with E-state index in [1.54, 1.807) is 17.4 Å². The Kier molecular flexibility index (Phi) is 12.0. The molecule has 2 fully saturated rings. The number of H-pyrrole nitrogens is 1. The zero-order valence-corrected chi connectivity index (χ0v) is 37.8. The van der Waals surface area contributed by atoms with Gasteiger partial charge in [0.1, 0.15) is 28.4 Å². The molecule has 0 unspecified atom stereocenters. The summed E-state index contributed by atoms with van der Waals surface area (Å²) >= 11 is 8.12. The maximum atomic E-state index is 12.9. The number of thiophene rings is 1. The van der Waals surface area contributed by atoms with Crippen LogP contribution in [0.1, 0.15) is 109 Å². The van der Waals surface area contributed by atoms with Crippen LogP contribution in [0, 0.1) is 32.6 Å². The number of aromatic amines is 1. The van der Waals surface area contributed by atoms with Crippen molar-refractivity contribution in [2.24, 2.45) is 16.8 Å². The summed E-state index contributed by atoms with van der Waals surface area (Å²) in [5, 5.41) is 39.0. The van der Waals surface area contributed by atoms with E-state index in [1.807, 2.05) is 45.0 Å². The number of phenolic OH excluding ortho intramolecular Hbond substituents is 2. The molecule has 9 rings (SSSR count). The van der Waals surface area contributed by atoms with Crippen LogP contribution < -0.4 is 5.69 Å². The molecule has 3 aromatic carbocycles. The third kappa shape index (κ3) is 8.39. The van der Waals surface area contributed by atoms with Crippen LogP contribution in [0.4, 0.5) is 0 Å². The van der Waals surface area contributed by atoms with Gasteiger partial charge in [-0.1, -0.05) is 49.7 Å². The number of aliphatic imine (C=N–C) groups is 1. The molecule has 2 saturated heterocycles. The zero-order chi connectivity index (χ0) is 43.2. The Hall–Kier alpha value is -5.08. The molecule has 6 heterocycles. The molecule has 0 saturated carbocycles. The predicted octanol–water partition coefficient (Wildman–Crippen LogP) is 9.28. The number of piperidine rings is 2. The minimum atomic E-state index is -0.392. The lowest BCUT2D eigenvalue weighted by Gasteiger charge is -2.37. The number of aromatic hydroxyl groups is 2. The van der Waals surface area contributed by atoms with E-state index in [2.05, 4.69) is 67.8 Å². The van der Waals surface area contributed by atoms with Gasteiger partial charge in [0.15, 0.2) is 11.6 Å². The fourth-order valence-corrected chi connectivity index (χ4v) is 11.1. The van der Waals surface area contributed by atoms with Gasteiger partial charge in [-0.25, -0.2) is 14.5 Å². The van der Waals surface area contributed by atoms with Crippen molar-refractivity contribution < 1.29 is 10.2 Å². The quantitative estimate of drug-likeness (QED) is 0.117. The van der Waals surface area contributed by atoms with Crippen molar-refractivity contribution in [2.45, 2.75) is 91.6 Å². The zero-order valence-electron chi connectivity index (χ0n) is 36.2. The normalized spacial score (nSPS) is 17.9. The largest absolute Gasteiger partial charge is 0.508 e. The number of hydrogen-bond acceptors (Lipinski definition) is 10. The van der Waals surface area contributed by atoms with Crippen LogP contribution in [-0.4, -0.2) is 88.0 Å². The van der Waals surface area contributed by atoms with E-state index in [-0.39, 0.29) is 23.5 Å². The van der Waals surface area contributed by atoms with E-state index < -0.39 is 5.69 Å². The average molecular weight is 875 g/mol. The Morgan fingerprint density at radius 2 is 1.53 bits per heavy atom. The number of rotatable bonds is 11. The summed E-state index contributed by atoms with van der Waals surface area (Å²) in [4.78, 5) is 24.9. The van der Waals surface area contributed by atoms with Gasteiger partial charge in [0, 0.05) is 40.2 Å². The highest BCUT2D eigenvalue weighted by atomic mass is 35.5. The van der Waals surface area contributed by atoms with Gasteiger partial charge >= 0.3 is 5.69 Å². The Labute approximate surface area is 371 Å². The minimum Gasteiger partial charge on any atom is -0.508 e. The number of hydrogen-bond donors (Lipinski definition) is 3. The lowest BCUT2D eigenvalue weighted by Crippen LogP contribution is -2.37. The van der Waals surface area contributed by atoms with Gasteiger partial charge < -0.3 is 15.1 Å². The second kappa shape index (κ2) is 17.6. The fraction of sp³-hybridized carbons (Fsp3) is 0.438. The van der Waals surface area contributed by atoms with Crippen LogP contribution in [0.5, 0.6) is 11.5 Å². The van der Waals surface area contributed by atoms with Crippen LogP contribution in [-0.2, 0) is 6.54 Å². The highest BCUT2D eigenvalue weighted by Crippen LogP contribution is 2.41. The summed E-state index contributed by atoms with van der Waals surface area (Å²) in [6, 6.07) is 19.0. The number of nitrogens with zero attached hydrogens (tertiary/aromatic N) is 8. The van der Waals surface area contributed by atoms with Crippen LogP contribution in [0.3, 0.4) is 0 Å². The maximum Gasteiger partial charge on any atom is 0.348 e. The highest BCUT2D eigenvalue weighted by molar-refractivity contribution is 7.15. The van der Waals surface area contributed by atoms with Crippen molar-refractivity contribution in [2.75, 3.05) is 32.7 Å². The monoisotopic (exact) mass is 873 g/mol. The third-order valence-corrected chi connectivity index (χ3v) is 14.9. The summed E-state index contributed by atoms with van der Waals surface area (Å²) < 4.78 is 3.72. The molecule has 3 aliphatic heterocycles. The molecule has 14 heteroatoms. The molecular weight excluding hydrogens is 818 g/mol. The molecule has 3 aliphatic rings. The van der Waals surface area contributed by atoms with Crippen LogP contribution in [0.25, 0.3) is 22.1 Å². The maximum absolute atomic E-state index is 12.9. The Morgan fingerprint density at radius 1 is 0.855 bits per heavy atom. The van der Waals surface area contributed by atoms with E-state index in [1.165, 1.54) is 64.3 Å². The third-order valence-electron chi connectivity index (χ3n) is 13.4.